The van der Waals surface area contributed by atoms with Gasteiger partial charge in [-0.1, -0.05) is 18.2 Å². The lowest BCUT2D eigenvalue weighted by molar-refractivity contribution is -0.122. The molecule has 1 aromatic heterocycles. The van der Waals surface area contributed by atoms with Gasteiger partial charge in [0.25, 0.3) is 11.8 Å². The minimum Gasteiger partial charge on any atom is -0.493 e. The number of carbonyl (C=O) groups is 2. The molecule has 0 spiro atoms. The molecule has 0 radical (unpaired) electrons. The number of fused-ring (bicyclic) bond motifs is 1. The maximum absolute atomic E-state index is 13.5. The number of para-hydroxylation sites is 1. The normalized spacial score (nSPS) is 15.2. The van der Waals surface area contributed by atoms with Crippen LogP contribution in [0.15, 0.2) is 48.2 Å². The molecule has 0 unspecified atom stereocenters. The average molecular weight is 466 g/mol. The van der Waals surface area contributed by atoms with E-state index in [-0.39, 0.29) is 10.7 Å². The Hall–Kier alpha value is -3.85. The number of hydrogen-bond donors (Lipinski definition) is 1. The Kier molecular flexibility index (Phi) is 6.06. The Labute approximate surface area is 196 Å². The highest BCUT2D eigenvalue weighted by Crippen LogP contribution is 2.41. The number of anilines is 1. The standard InChI is InChI=1S/C24H23N3O5S/c1-5-26-13-14(16-8-6-7-9-18(16)26)10-17-22(28)25-24(33)27(23(17)29)15-11-19(30-2)21(32-4)20(12-15)31-3/h6-13H,5H2,1-4H3,(H,25,28,33)/b17-10+. The predicted molar refractivity (Wildman–Crippen MR) is 130 cm³/mol. The van der Waals surface area contributed by atoms with E-state index in [1.54, 1.807) is 18.2 Å². The largest absolute Gasteiger partial charge is 0.493 e. The molecule has 0 aliphatic carbocycles. The summed E-state index contributed by atoms with van der Waals surface area (Å²) < 4.78 is 18.2. The summed E-state index contributed by atoms with van der Waals surface area (Å²) >= 11 is 5.33. The van der Waals surface area contributed by atoms with Gasteiger partial charge in [-0.05, 0) is 31.3 Å². The summed E-state index contributed by atoms with van der Waals surface area (Å²) in [6.07, 6.45) is 3.52. The fourth-order valence-corrected chi connectivity index (χ4v) is 4.18. The summed E-state index contributed by atoms with van der Waals surface area (Å²) in [6, 6.07) is 11.0. The van der Waals surface area contributed by atoms with Gasteiger partial charge >= 0.3 is 0 Å². The number of rotatable bonds is 6. The Morgan fingerprint density at radius 1 is 1.03 bits per heavy atom. The lowest BCUT2D eigenvalue weighted by atomic mass is 10.1. The van der Waals surface area contributed by atoms with Crippen LogP contribution in [0.3, 0.4) is 0 Å². The molecular formula is C24H23N3O5S. The van der Waals surface area contributed by atoms with Crippen molar-refractivity contribution in [3.05, 3.63) is 53.7 Å². The average Bonchev–Trinajstić information content (AvgIpc) is 3.18. The van der Waals surface area contributed by atoms with Gasteiger partial charge in [0.15, 0.2) is 16.6 Å². The minimum atomic E-state index is -0.554. The van der Waals surface area contributed by atoms with Crippen LogP contribution in [0.1, 0.15) is 12.5 Å². The molecule has 1 N–H and O–H groups in total. The Morgan fingerprint density at radius 2 is 1.70 bits per heavy atom. The lowest BCUT2D eigenvalue weighted by Crippen LogP contribution is -2.54. The van der Waals surface area contributed by atoms with Crippen molar-refractivity contribution in [3.63, 3.8) is 0 Å². The molecule has 170 valence electrons. The van der Waals surface area contributed by atoms with Gasteiger partial charge in [0.2, 0.25) is 5.75 Å². The molecule has 0 bridgehead atoms. The number of benzene rings is 2. The van der Waals surface area contributed by atoms with Crippen LogP contribution in [0.25, 0.3) is 17.0 Å². The SMILES string of the molecule is CCn1cc(/C=C2\C(=O)NC(=S)N(c3cc(OC)c(OC)c(OC)c3)C2=O)c2ccccc21. The zero-order valence-corrected chi connectivity index (χ0v) is 19.5. The molecule has 2 amide bonds. The molecule has 4 rings (SSSR count). The van der Waals surface area contributed by atoms with E-state index in [0.29, 0.717) is 22.9 Å². The first-order chi connectivity index (χ1) is 15.9. The van der Waals surface area contributed by atoms with Crippen LogP contribution in [0.2, 0.25) is 0 Å². The molecule has 9 heteroatoms. The second-order valence-electron chi connectivity index (χ2n) is 7.23. The third-order valence-electron chi connectivity index (χ3n) is 5.47. The quantitative estimate of drug-likeness (QED) is 0.341. The van der Waals surface area contributed by atoms with E-state index in [0.717, 1.165) is 23.0 Å². The number of aromatic nitrogens is 1. The van der Waals surface area contributed by atoms with Crippen LogP contribution in [-0.2, 0) is 16.1 Å². The molecule has 3 aromatic rings. The second-order valence-corrected chi connectivity index (χ2v) is 7.62. The zero-order chi connectivity index (χ0) is 23.7. The van der Waals surface area contributed by atoms with Gasteiger partial charge in [-0.15, -0.1) is 0 Å². The Morgan fingerprint density at radius 3 is 2.30 bits per heavy atom. The Balaban J connectivity index is 1.83. The highest BCUT2D eigenvalue weighted by atomic mass is 32.1. The molecule has 1 aliphatic heterocycles. The number of nitrogens with zero attached hydrogens (tertiary/aromatic N) is 2. The third-order valence-corrected chi connectivity index (χ3v) is 5.75. The van der Waals surface area contributed by atoms with Crippen LogP contribution in [0.5, 0.6) is 17.2 Å². The van der Waals surface area contributed by atoms with Gasteiger partial charge in [0, 0.05) is 41.3 Å². The molecule has 1 aliphatic rings. The van der Waals surface area contributed by atoms with Crippen LogP contribution in [0, 0.1) is 0 Å². The fourth-order valence-electron chi connectivity index (χ4n) is 3.90. The van der Waals surface area contributed by atoms with E-state index >= 15 is 0 Å². The molecule has 2 aromatic carbocycles. The van der Waals surface area contributed by atoms with Crippen LogP contribution in [0.4, 0.5) is 5.69 Å². The zero-order valence-electron chi connectivity index (χ0n) is 18.7. The number of methoxy groups -OCH3 is 3. The van der Waals surface area contributed by atoms with Crippen molar-refractivity contribution in [2.45, 2.75) is 13.5 Å². The van der Waals surface area contributed by atoms with E-state index in [2.05, 4.69) is 9.88 Å². The molecule has 2 heterocycles. The fraction of sp³-hybridized carbons (Fsp3) is 0.208. The number of aryl methyl sites for hydroxylation is 1. The third kappa shape index (κ3) is 3.80. The molecule has 8 nitrogen and oxygen atoms in total. The monoisotopic (exact) mass is 465 g/mol. The summed E-state index contributed by atoms with van der Waals surface area (Å²) in [6.45, 7) is 2.79. The summed E-state index contributed by atoms with van der Waals surface area (Å²) in [5.41, 5.74) is 2.13. The van der Waals surface area contributed by atoms with Gasteiger partial charge in [-0.2, -0.15) is 0 Å². The van der Waals surface area contributed by atoms with Gasteiger partial charge in [-0.25, -0.2) is 0 Å². The summed E-state index contributed by atoms with van der Waals surface area (Å²) in [5, 5.41) is 3.52. The molecule has 0 atom stereocenters. The maximum Gasteiger partial charge on any atom is 0.270 e. The first-order valence-corrected chi connectivity index (χ1v) is 10.6. The molecule has 1 saturated heterocycles. The minimum absolute atomic E-state index is 0.0312. The van der Waals surface area contributed by atoms with Crippen LogP contribution in [-0.4, -0.2) is 42.8 Å². The number of nitrogens with one attached hydrogen (secondary N) is 1. The first kappa shape index (κ1) is 22.3. The van der Waals surface area contributed by atoms with Crippen molar-refractivity contribution in [2.75, 3.05) is 26.2 Å². The van der Waals surface area contributed by atoms with Gasteiger partial charge in [-0.3, -0.25) is 19.8 Å². The summed E-state index contributed by atoms with van der Waals surface area (Å²) in [7, 11) is 4.45. The number of hydrogen-bond acceptors (Lipinski definition) is 6. The lowest BCUT2D eigenvalue weighted by Gasteiger charge is -2.29. The van der Waals surface area contributed by atoms with E-state index < -0.39 is 11.8 Å². The molecule has 33 heavy (non-hydrogen) atoms. The van der Waals surface area contributed by atoms with Crippen molar-refractivity contribution in [1.82, 2.24) is 9.88 Å². The van der Waals surface area contributed by atoms with Crippen molar-refractivity contribution >= 4 is 51.8 Å². The molecule has 0 saturated carbocycles. The number of ether oxygens (including phenoxy) is 3. The van der Waals surface area contributed by atoms with Gasteiger partial charge in [0.1, 0.15) is 5.57 Å². The van der Waals surface area contributed by atoms with E-state index in [1.807, 2.05) is 37.4 Å². The van der Waals surface area contributed by atoms with Crippen molar-refractivity contribution < 1.29 is 23.8 Å². The van der Waals surface area contributed by atoms with Crippen LogP contribution < -0.4 is 24.4 Å². The number of thiocarbonyl (C=S) groups is 1. The van der Waals surface area contributed by atoms with E-state index in [9.17, 15) is 9.59 Å². The first-order valence-electron chi connectivity index (χ1n) is 10.2. The Bertz CT molecular complexity index is 1290. The molecule has 1 fully saturated rings. The maximum atomic E-state index is 13.5. The topological polar surface area (TPSA) is 82.0 Å². The van der Waals surface area contributed by atoms with E-state index in [1.165, 1.54) is 26.2 Å². The second kappa shape index (κ2) is 8.95. The van der Waals surface area contributed by atoms with Gasteiger partial charge < -0.3 is 18.8 Å². The van der Waals surface area contributed by atoms with Crippen molar-refractivity contribution in [1.29, 1.82) is 0 Å². The predicted octanol–water partition coefficient (Wildman–Crippen LogP) is 3.52. The summed E-state index contributed by atoms with van der Waals surface area (Å²) in [4.78, 5) is 27.5. The number of carbonyl (C=O) groups excluding carboxylic acids is 2. The summed E-state index contributed by atoms with van der Waals surface area (Å²) in [5.74, 6) is -0.00790. The molecular weight excluding hydrogens is 442 g/mol. The van der Waals surface area contributed by atoms with Crippen LogP contribution >= 0.6 is 12.2 Å². The van der Waals surface area contributed by atoms with E-state index in [4.69, 9.17) is 26.4 Å². The van der Waals surface area contributed by atoms with Crippen molar-refractivity contribution in [2.24, 2.45) is 0 Å². The number of amides is 2. The van der Waals surface area contributed by atoms with Gasteiger partial charge in [0.05, 0.1) is 27.0 Å². The smallest absolute Gasteiger partial charge is 0.270 e. The highest BCUT2D eigenvalue weighted by molar-refractivity contribution is 7.80. The van der Waals surface area contributed by atoms with Crippen molar-refractivity contribution in [3.8, 4) is 17.2 Å². The highest BCUT2D eigenvalue weighted by Gasteiger charge is 2.35.